The highest BCUT2D eigenvalue weighted by Gasteiger charge is 2.21. The summed E-state index contributed by atoms with van der Waals surface area (Å²) in [6, 6.07) is 10.3. The third-order valence-corrected chi connectivity index (χ3v) is 6.71. The lowest BCUT2D eigenvalue weighted by molar-refractivity contribution is -0.387. The molecular weight excluding hydrogens is 438 g/mol. The van der Waals surface area contributed by atoms with Crippen LogP contribution in [0.4, 0.5) is 5.69 Å². The number of carbonyl (C=O) groups excluding carboxylic acids is 2. The van der Waals surface area contributed by atoms with E-state index in [9.17, 15) is 19.7 Å². The van der Waals surface area contributed by atoms with Crippen molar-refractivity contribution in [2.24, 2.45) is 0 Å². The van der Waals surface area contributed by atoms with E-state index >= 15 is 0 Å². The lowest BCUT2D eigenvalue weighted by Gasteiger charge is -2.33. The summed E-state index contributed by atoms with van der Waals surface area (Å²) in [6.07, 6.45) is 2.99. The van der Waals surface area contributed by atoms with Gasteiger partial charge in [0.25, 0.3) is 5.69 Å². The Hall–Kier alpha value is -2.84. The molecule has 1 heterocycles. The maximum Gasteiger partial charge on any atom is 0.283 e. The Morgan fingerprint density at radius 2 is 1.77 bits per heavy atom. The van der Waals surface area contributed by atoms with Crippen LogP contribution in [0.3, 0.4) is 0 Å². The number of nitro benzene ring substituents is 1. The van der Waals surface area contributed by atoms with Gasteiger partial charge in [0, 0.05) is 55.2 Å². The van der Waals surface area contributed by atoms with Gasteiger partial charge in [0.1, 0.15) is 0 Å². The van der Waals surface area contributed by atoms with Crippen LogP contribution >= 0.6 is 23.4 Å². The van der Waals surface area contributed by atoms with Gasteiger partial charge in [0.05, 0.1) is 9.82 Å². The second-order valence-electron chi connectivity index (χ2n) is 7.11. The van der Waals surface area contributed by atoms with Crippen LogP contribution in [-0.2, 0) is 9.59 Å². The average molecular weight is 460 g/mol. The first-order valence-electron chi connectivity index (χ1n) is 9.70. The standard InChI is InChI=1S/C22H22ClN3O4S/c1-15-18(23)4-3-5-20(15)31-21-8-6-17(14-19(21)26(29)30)7-9-22(28)25-12-10-24(11-13-25)16(2)27/h3-9,14H,10-13H2,1-2H3. The van der Waals surface area contributed by atoms with Crippen molar-refractivity contribution in [3.63, 3.8) is 0 Å². The molecule has 0 radical (unpaired) electrons. The van der Waals surface area contributed by atoms with Gasteiger partial charge >= 0.3 is 0 Å². The second kappa shape index (κ2) is 9.98. The monoisotopic (exact) mass is 459 g/mol. The van der Waals surface area contributed by atoms with Crippen LogP contribution in [0.5, 0.6) is 0 Å². The number of rotatable bonds is 5. The molecule has 0 aromatic heterocycles. The molecule has 2 amide bonds. The number of nitro groups is 1. The van der Waals surface area contributed by atoms with E-state index in [1.54, 1.807) is 34.1 Å². The van der Waals surface area contributed by atoms with Crippen molar-refractivity contribution in [1.82, 2.24) is 9.80 Å². The first-order valence-corrected chi connectivity index (χ1v) is 10.9. The molecule has 0 N–H and O–H groups in total. The fraction of sp³-hybridized carbons (Fsp3) is 0.273. The van der Waals surface area contributed by atoms with Gasteiger partial charge in [-0.15, -0.1) is 0 Å². The molecule has 0 aliphatic carbocycles. The molecule has 3 rings (SSSR count). The summed E-state index contributed by atoms with van der Waals surface area (Å²) in [5, 5.41) is 12.2. The van der Waals surface area contributed by atoms with Crippen molar-refractivity contribution >= 4 is 46.9 Å². The maximum atomic E-state index is 12.4. The highest BCUT2D eigenvalue weighted by molar-refractivity contribution is 7.99. The fourth-order valence-electron chi connectivity index (χ4n) is 3.20. The van der Waals surface area contributed by atoms with Crippen LogP contribution in [-0.4, -0.2) is 52.7 Å². The van der Waals surface area contributed by atoms with Crippen molar-refractivity contribution < 1.29 is 14.5 Å². The molecule has 1 saturated heterocycles. The SMILES string of the molecule is CC(=O)N1CCN(C(=O)C=Cc2ccc(Sc3cccc(Cl)c3C)c([N+](=O)[O-])c2)CC1. The summed E-state index contributed by atoms with van der Waals surface area (Å²) in [4.78, 5) is 39.7. The maximum absolute atomic E-state index is 12.4. The zero-order chi connectivity index (χ0) is 22.5. The normalized spacial score (nSPS) is 14.2. The fourth-order valence-corrected chi connectivity index (χ4v) is 4.45. The van der Waals surface area contributed by atoms with E-state index < -0.39 is 4.92 Å². The summed E-state index contributed by atoms with van der Waals surface area (Å²) >= 11 is 7.44. The Labute approximate surface area is 189 Å². The van der Waals surface area contributed by atoms with E-state index in [0.717, 1.165) is 10.5 Å². The third kappa shape index (κ3) is 5.65. The smallest absolute Gasteiger partial charge is 0.283 e. The molecular formula is C22H22ClN3O4S. The Morgan fingerprint density at radius 3 is 2.42 bits per heavy atom. The molecule has 1 aliphatic heterocycles. The first-order chi connectivity index (χ1) is 14.8. The number of amides is 2. The van der Waals surface area contributed by atoms with Gasteiger partial charge in [-0.05, 0) is 42.3 Å². The van der Waals surface area contributed by atoms with Crippen molar-refractivity contribution in [3.05, 3.63) is 68.7 Å². The highest BCUT2D eigenvalue weighted by Crippen LogP contribution is 2.38. The van der Waals surface area contributed by atoms with Gasteiger partial charge in [-0.2, -0.15) is 0 Å². The van der Waals surface area contributed by atoms with E-state index in [-0.39, 0.29) is 17.5 Å². The van der Waals surface area contributed by atoms with E-state index in [0.29, 0.717) is 41.7 Å². The zero-order valence-corrected chi connectivity index (χ0v) is 18.8. The number of benzene rings is 2. The Balaban J connectivity index is 1.73. The molecule has 7 nitrogen and oxygen atoms in total. The van der Waals surface area contributed by atoms with Crippen LogP contribution in [0.1, 0.15) is 18.1 Å². The van der Waals surface area contributed by atoms with Crippen LogP contribution < -0.4 is 0 Å². The quantitative estimate of drug-likeness (QED) is 0.375. The predicted molar refractivity (Wildman–Crippen MR) is 121 cm³/mol. The topological polar surface area (TPSA) is 83.8 Å². The second-order valence-corrected chi connectivity index (χ2v) is 8.60. The van der Waals surface area contributed by atoms with Crippen molar-refractivity contribution in [2.75, 3.05) is 26.2 Å². The molecule has 0 unspecified atom stereocenters. The lowest BCUT2D eigenvalue weighted by Crippen LogP contribution is -2.49. The average Bonchev–Trinajstić information content (AvgIpc) is 2.75. The molecule has 1 aliphatic rings. The summed E-state index contributed by atoms with van der Waals surface area (Å²) in [6.45, 7) is 5.34. The zero-order valence-electron chi connectivity index (χ0n) is 17.2. The van der Waals surface area contributed by atoms with Gasteiger partial charge in [0.15, 0.2) is 0 Å². The van der Waals surface area contributed by atoms with E-state index in [4.69, 9.17) is 11.6 Å². The number of nitrogens with zero attached hydrogens (tertiary/aromatic N) is 3. The molecule has 2 aromatic carbocycles. The van der Waals surface area contributed by atoms with Crippen LogP contribution in [0.2, 0.25) is 5.02 Å². The summed E-state index contributed by atoms with van der Waals surface area (Å²) in [5.41, 5.74) is 1.39. The highest BCUT2D eigenvalue weighted by atomic mass is 35.5. The minimum absolute atomic E-state index is 0.000813. The van der Waals surface area contributed by atoms with Gasteiger partial charge in [-0.25, -0.2) is 0 Å². The number of hydrogen-bond donors (Lipinski definition) is 0. The molecule has 31 heavy (non-hydrogen) atoms. The molecule has 1 fully saturated rings. The molecule has 0 saturated carbocycles. The summed E-state index contributed by atoms with van der Waals surface area (Å²) in [5.74, 6) is -0.181. The largest absolute Gasteiger partial charge is 0.339 e. The molecule has 0 bridgehead atoms. The Morgan fingerprint density at radius 1 is 1.10 bits per heavy atom. The van der Waals surface area contributed by atoms with Crippen molar-refractivity contribution in [2.45, 2.75) is 23.6 Å². The van der Waals surface area contributed by atoms with Gasteiger partial charge in [-0.1, -0.05) is 35.5 Å². The van der Waals surface area contributed by atoms with E-state index in [2.05, 4.69) is 0 Å². The molecule has 0 spiro atoms. The minimum atomic E-state index is -0.428. The van der Waals surface area contributed by atoms with Gasteiger partial charge in [-0.3, -0.25) is 19.7 Å². The van der Waals surface area contributed by atoms with Crippen LogP contribution in [0, 0.1) is 17.0 Å². The number of halogens is 1. The van der Waals surface area contributed by atoms with Gasteiger partial charge in [0.2, 0.25) is 11.8 Å². The number of piperazine rings is 1. The van der Waals surface area contributed by atoms with E-state index in [1.807, 2.05) is 19.1 Å². The predicted octanol–water partition coefficient (Wildman–Crippen LogP) is 4.41. The summed E-state index contributed by atoms with van der Waals surface area (Å²) < 4.78 is 0. The molecule has 2 aromatic rings. The Bertz CT molecular complexity index is 1050. The van der Waals surface area contributed by atoms with Gasteiger partial charge < -0.3 is 9.80 Å². The molecule has 162 valence electrons. The third-order valence-electron chi connectivity index (χ3n) is 5.07. The molecule has 0 atom stereocenters. The number of carbonyl (C=O) groups is 2. The summed E-state index contributed by atoms with van der Waals surface area (Å²) in [7, 11) is 0. The minimum Gasteiger partial charge on any atom is -0.339 e. The molecule has 9 heteroatoms. The first kappa shape index (κ1) is 22.8. The Kier molecular flexibility index (Phi) is 7.35. The van der Waals surface area contributed by atoms with Crippen LogP contribution in [0.25, 0.3) is 6.08 Å². The van der Waals surface area contributed by atoms with Crippen molar-refractivity contribution in [3.8, 4) is 0 Å². The number of hydrogen-bond acceptors (Lipinski definition) is 5. The van der Waals surface area contributed by atoms with E-state index in [1.165, 1.54) is 30.8 Å². The van der Waals surface area contributed by atoms with Crippen molar-refractivity contribution in [1.29, 1.82) is 0 Å². The van der Waals surface area contributed by atoms with Crippen LogP contribution in [0.15, 0.2) is 52.3 Å². The lowest BCUT2D eigenvalue weighted by atomic mass is 10.2.